The van der Waals surface area contributed by atoms with E-state index in [-0.39, 0.29) is 0 Å². The highest BCUT2D eigenvalue weighted by Gasteiger charge is 2.31. The van der Waals surface area contributed by atoms with Crippen LogP contribution in [0, 0.1) is 0 Å². The van der Waals surface area contributed by atoms with Gasteiger partial charge in [0, 0.05) is 12.2 Å². The van der Waals surface area contributed by atoms with Crippen LogP contribution in [0.5, 0.6) is 0 Å². The smallest absolute Gasteiger partial charge is 0.313 e. The van der Waals surface area contributed by atoms with Gasteiger partial charge in [0.2, 0.25) is 0 Å². The lowest BCUT2D eigenvalue weighted by atomic mass is 10.2. The Morgan fingerprint density at radius 3 is 3.00 bits per heavy atom. The van der Waals surface area contributed by atoms with E-state index >= 15 is 0 Å². The summed E-state index contributed by atoms with van der Waals surface area (Å²) in [4.78, 5) is 19.7. The Morgan fingerprint density at radius 1 is 1.59 bits per heavy atom. The molecular formula is C12H13N3O2. The van der Waals surface area contributed by atoms with Crippen molar-refractivity contribution in [3.63, 3.8) is 0 Å². The molecule has 1 N–H and O–H groups in total. The third kappa shape index (κ3) is 1.58. The van der Waals surface area contributed by atoms with Crippen LogP contribution in [0.3, 0.4) is 0 Å². The standard InChI is InChI=1S/C12H13N3O2/c1-7(12(16)17)11-14-10-9(3-2-6-13-10)15(11)8-4-5-8/h2-3,6-8H,4-5H2,1H3,(H,16,17). The molecule has 0 spiro atoms. The molecule has 17 heavy (non-hydrogen) atoms. The number of aromatic nitrogens is 3. The molecule has 1 aliphatic carbocycles. The number of rotatable bonds is 3. The molecular weight excluding hydrogens is 218 g/mol. The van der Waals surface area contributed by atoms with E-state index in [1.807, 2.05) is 16.7 Å². The number of carboxylic acids is 1. The number of fused-ring (bicyclic) bond motifs is 1. The highest BCUT2D eigenvalue weighted by atomic mass is 16.4. The van der Waals surface area contributed by atoms with Crippen molar-refractivity contribution in [1.29, 1.82) is 0 Å². The Bertz CT molecular complexity index is 586. The SMILES string of the molecule is CC(C(=O)O)c1nc2ncccc2n1C1CC1. The van der Waals surface area contributed by atoms with Crippen LogP contribution in [0.1, 0.15) is 37.5 Å². The molecule has 1 atom stereocenters. The molecule has 0 radical (unpaired) electrons. The number of aliphatic carboxylic acids is 1. The Hall–Kier alpha value is -1.91. The van der Waals surface area contributed by atoms with Gasteiger partial charge in [-0.25, -0.2) is 9.97 Å². The van der Waals surface area contributed by atoms with Crippen LogP contribution in [0.4, 0.5) is 0 Å². The molecule has 2 aromatic heterocycles. The van der Waals surface area contributed by atoms with Crippen molar-refractivity contribution < 1.29 is 9.90 Å². The van der Waals surface area contributed by atoms with Gasteiger partial charge in [-0.05, 0) is 31.9 Å². The third-order valence-corrected chi connectivity index (χ3v) is 3.16. The molecule has 3 rings (SSSR count). The summed E-state index contributed by atoms with van der Waals surface area (Å²) in [6.45, 7) is 1.67. The molecule has 0 bridgehead atoms. The summed E-state index contributed by atoms with van der Waals surface area (Å²) in [5.41, 5.74) is 1.58. The summed E-state index contributed by atoms with van der Waals surface area (Å²) >= 11 is 0. The van der Waals surface area contributed by atoms with E-state index in [0.717, 1.165) is 18.4 Å². The Morgan fingerprint density at radius 2 is 2.35 bits per heavy atom. The van der Waals surface area contributed by atoms with E-state index in [1.165, 1.54) is 0 Å². The lowest BCUT2D eigenvalue weighted by Gasteiger charge is -2.10. The number of carbonyl (C=O) groups is 1. The quantitative estimate of drug-likeness (QED) is 0.876. The van der Waals surface area contributed by atoms with Crippen molar-refractivity contribution in [3.05, 3.63) is 24.2 Å². The summed E-state index contributed by atoms with van der Waals surface area (Å²) in [6.07, 6.45) is 3.88. The van der Waals surface area contributed by atoms with Gasteiger partial charge in [-0.15, -0.1) is 0 Å². The molecule has 2 aromatic rings. The molecule has 88 valence electrons. The lowest BCUT2D eigenvalue weighted by molar-refractivity contribution is -0.138. The summed E-state index contributed by atoms with van der Waals surface area (Å²) in [5, 5.41) is 9.11. The minimum Gasteiger partial charge on any atom is -0.481 e. The second kappa shape index (κ2) is 3.55. The molecule has 1 saturated carbocycles. The van der Waals surface area contributed by atoms with Gasteiger partial charge >= 0.3 is 5.97 Å². The van der Waals surface area contributed by atoms with Crippen LogP contribution in [0.25, 0.3) is 11.2 Å². The van der Waals surface area contributed by atoms with Crippen molar-refractivity contribution in [2.75, 3.05) is 0 Å². The van der Waals surface area contributed by atoms with Gasteiger partial charge in [-0.3, -0.25) is 4.79 Å². The monoisotopic (exact) mass is 231 g/mol. The molecule has 5 heteroatoms. The minimum absolute atomic E-state index is 0.404. The molecule has 1 fully saturated rings. The normalized spacial score (nSPS) is 17.2. The van der Waals surface area contributed by atoms with Gasteiger partial charge in [0.1, 0.15) is 11.7 Å². The first kappa shape index (κ1) is 10.3. The largest absolute Gasteiger partial charge is 0.481 e. The van der Waals surface area contributed by atoms with E-state index in [1.54, 1.807) is 13.1 Å². The van der Waals surface area contributed by atoms with Crippen molar-refractivity contribution in [3.8, 4) is 0 Å². The van der Waals surface area contributed by atoms with Crippen LogP contribution in [0.15, 0.2) is 18.3 Å². The topological polar surface area (TPSA) is 68.0 Å². The van der Waals surface area contributed by atoms with Gasteiger partial charge < -0.3 is 9.67 Å². The number of hydrogen-bond acceptors (Lipinski definition) is 3. The van der Waals surface area contributed by atoms with Crippen LogP contribution < -0.4 is 0 Å². The second-order valence-electron chi connectivity index (χ2n) is 4.48. The van der Waals surface area contributed by atoms with Gasteiger partial charge in [0.25, 0.3) is 0 Å². The number of nitrogens with zero attached hydrogens (tertiary/aromatic N) is 3. The summed E-state index contributed by atoms with van der Waals surface area (Å²) in [7, 11) is 0. The predicted molar refractivity (Wildman–Crippen MR) is 61.8 cm³/mol. The zero-order valence-electron chi connectivity index (χ0n) is 9.50. The summed E-state index contributed by atoms with van der Waals surface area (Å²) < 4.78 is 2.04. The molecule has 0 aliphatic heterocycles. The van der Waals surface area contributed by atoms with Crippen LogP contribution >= 0.6 is 0 Å². The van der Waals surface area contributed by atoms with Gasteiger partial charge in [0.05, 0.1) is 5.52 Å². The van der Waals surface area contributed by atoms with Gasteiger partial charge in [-0.1, -0.05) is 0 Å². The van der Waals surface area contributed by atoms with Crippen molar-refractivity contribution >= 4 is 17.1 Å². The van der Waals surface area contributed by atoms with Crippen LogP contribution in [-0.4, -0.2) is 25.6 Å². The van der Waals surface area contributed by atoms with Crippen LogP contribution in [0.2, 0.25) is 0 Å². The van der Waals surface area contributed by atoms with E-state index < -0.39 is 11.9 Å². The molecule has 1 aliphatic rings. The van der Waals surface area contributed by atoms with Crippen molar-refractivity contribution in [2.45, 2.75) is 31.7 Å². The van der Waals surface area contributed by atoms with Crippen molar-refractivity contribution in [1.82, 2.24) is 14.5 Å². The van der Waals surface area contributed by atoms with E-state index in [2.05, 4.69) is 9.97 Å². The highest BCUT2D eigenvalue weighted by Crippen LogP contribution is 2.39. The average Bonchev–Trinajstić information content (AvgIpc) is 3.08. The maximum absolute atomic E-state index is 11.1. The first-order valence-corrected chi connectivity index (χ1v) is 5.74. The third-order valence-electron chi connectivity index (χ3n) is 3.16. The van der Waals surface area contributed by atoms with E-state index in [9.17, 15) is 4.79 Å². The first-order valence-electron chi connectivity index (χ1n) is 5.74. The number of imidazole rings is 1. The fourth-order valence-electron chi connectivity index (χ4n) is 2.08. The van der Waals surface area contributed by atoms with Crippen LogP contribution in [-0.2, 0) is 4.79 Å². The molecule has 2 heterocycles. The maximum atomic E-state index is 11.1. The van der Waals surface area contributed by atoms with Crippen molar-refractivity contribution in [2.24, 2.45) is 0 Å². The zero-order valence-corrected chi connectivity index (χ0v) is 9.50. The lowest BCUT2D eigenvalue weighted by Crippen LogP contribution is -2.13. The molecule has 1 unspecified atom stereocenters. The molecule has 0 amide bonds. The minimum atomic E-state index is -0.845. The molecule has 0 aromatic carbocycles. The van der Waals surface area contributed by atoms with Gasteiger partial charge in [-0.2, -0.15) is 0 Å². The number of pyridine rings is 1. The summed E-state index contributed by atoms with van der Waals surface area (Å²) in [6, 6.07) is 4.21. The van der Waals surface area contributed by atoms with Gasteiger partial charge in [0.15, 0.2) is 5.65 Å². The summed E-state index contributed by atoms with van der Waals surface area (Å²) in [5.74, 6) is -0.819. The maximum Gasteiger partial charge on any atom is 0.313 e. The number of carboxylic acid groups (broad SMARTS) is 1. The first-order chi connectivity index (χ1) is 8.18. The number of hydrogen-bond donors (Lipinski definition) is 1. The average molecular weight is 231 g/mol. The van der Waals surface area contributed by atoms with E-state index in [4.69, 9.17) is 5.11 Å². The molecule has 0 saturated heterocycles. The Labute approximate surface area is 98.1 Å². The Balaban J connectivity index is 2.22. The fourth-order valence-corrected chi connectivity index (χ4v) is 2.08. The Kier molecular flexibility index (Phi) is 2.14. The second-order valence-corrected chi connectivity index (χ2v) is 4.48. The highest BCUT2D eigenvalue weighted by molar-refractivity contribution is 5.78. The fraction of sp³-hybridized carbons (Fsp3) is 0.417. The zero-order chi connectivity index (χ0) is 12.0. The van der Waals surface area contributed by atoms with E-state index in [0.29, 0.717) is 17.5 Å². The predicted octanol–water partition coefficient (Wildman–Crippen LogP) is 1.95. The molecule has 5 nitrogen and oxygen atoms in total.